The summed E-state index contributed by atoms with van der Waals surface area (Å²) in [5, 5.41) is 0. The molecule has 1 saturated carbocycles. The van der Waals surface area contributed by atoms with Crippen LogP contribution >= 0.6 is 0 Å². The number of hydrogen-bond acceptors (Lipinski definition) is 2. The molecule has 0 aliphatic heterocycles. The minimum atomic E-state index is -0.151. The molecule has 0 heterocycles. The maximum Gasteiger partial charge on any atom is 0.126 e. The van der Waals surface area contributed by atoms with Crippen LogP contribution in [0.15, 0.2) is 0 Å². The van der Waals surface area contributed by atoms with Gasteiger partial charge in [0.05, 0.1) is 5.60 Å². The Morgan fingerprint density at radius 3 is 2.33 bits per heavy atom. The van der Waals surface area contributed by atoms with Crippen molar-refractivity contribution in [3.8, 4) is 0 Å². The van der Waals surface area contributed by atoms with Gasteiger partial charge in [-0.25, -0.2) is 0 Å². The molecular weight excluding hydrogens is 152 g/mol. The van der Waals surface area contributed by atoms with Crippen molar-refractivity contribution in [3.63, 3.8) is 0 Å². The van der Waals surface area contributed by atoms with Crippen molar-refractivity contribution in [2.45, 2.75) is 45.1 Å². The van der Waals surface area contributed by atoms with Gasteiger partial charge in [0.15, 0.2) is 0 Å². The van der Waals surface area contributed by atoms with E-state index in [1.54, 1.807) is 7.11 Å². The van der Waals surface area contributed by atoms with E-state index in [9.17, 15) is 4.79 Å². The Morgan fingerprint density at radius 1 is 1.50 bits per heavy atom. The molecule has 0 radical (unpaired) electrons. The quantitative estimate of drug-likeness (QED) is 0.604. The fraction of sp³-hybridized carbons (Fsp3) is 0.900. The van der Waals surface area contributed by atoms with Crippen LogP contribution in [0, 0.1) is 5.41 Å². The van der Waals surface area contributed by atoms with Crippen molar-refractivity contribution in [2.24, 2.45) is 5.41 Å². The first kappa shape index (κ1) is 9.72. The van der Waals surface area contributed by atoms with E-state index in [0.717, 1.165) is 25.5 Å². The van der Waals surface area contributed by atoms with Crippen molar-refractivity contribution >= 4 is 6.29 Å². The van der Waals surface area contributed by atoms with Crippen molar-refractivity contribution in [1.29, 1.82) is 0 Å². The van der Waals surface area contributed by atoms with Gasteiger partial charge in [0.25, 0.3) is 0 Å². The summed E-state index contributed by atoms with van der Waals surface area (Å²) < 4.78 is 5.31. The highest BCUT2D eigenvalue weighted by Gasteiger charge is 2.41. The predicted molar refractivity (Wildman–Crippen MR) is 48.1 cm³/mol. The second kappa shape index (κ2) is 3.17. The van der Waals surface area contributed by atoms with Gasteiger partial charge in [-0.1, -0.05) is 6.42 Å². The van der Waals surface area contributed by atoms with Gasteiger partial charge in [-0.2, -0.15) is 0 Å². The predicted octanol–water partition coefficient (Wildman–Crippen LogP) is 2.17. The summed E-state index contributed by atoms with van der Waals surface area (Å²) in [5.74, 6) is 0. The van der Waals surface area contributed by atoms with E-state index in [2.05, 4.69) is 0 Å². The molecule has 2 heteroatoms. The van der Waals surface area contributed by atoms with E-state index in [1.165, 1.54) is 6.42 Å². The molecule has 70 valence electrons. The van der Waals surface area contributed by atoms with Gasteiger partial charge in [-0.05, 0) is 33.1 Å². The Kier molecular flexibility index (Phi) is 2.57. The summed E-state index contributed by atoms with van der Waals surface area (Å²) in [6.07, 6.45) is 5.27. The third kappa shape index (κ3) is 1.86. The third-order valence-corrected chi connectivity index (χ3v) is 2.93. The van der Waals surface area contributed by atoms with E-state index in [-0.39, 0.29) is 11.0 Å². The molecule has 12 heavy (non-hydrogen) atoms. The summed E-state index contributed by atoms with van der Waals surface area (Å²) in [5.41, 5.74) is -0.208. The van der Waals surface area contributed by atoms with E-state index >= 15 is 0 Å². The van der Waals surface area contributed by atoms with Gasteiger partial charge in [-0.3, -0.25) is 0 Å². The maximum absolute atomic E-state index is 10.8. The van der Waals surface area contributed by atoms with Gasteiger partial charge in [0, 0.05) is 12.5 Å². The van der Waals surface area contributed by atoms with Gasteiger partial charge >= 0.3 is 0 Å². The molecule has 0 atom stereocenters. The number of hydrogen-bond donors (Lipinski definition) is 0. The maximum atomic E-state index is 10.8. The van der Waals surface area contributed by atoms with E-state index in [0.29, 0.717) is 0 Å². The minimum absolute atomic E-state index is 0.0560. The van der Waals surface area contributed by atoms with Crippen LogP contribution in [0.3, 0.4) is 0 Å². The van der Waals surface area contributed by atoms with Crippen molar-refractivity contribution in [2.75, 3.05) is 7.11 Å². The van der Waals surface area contributed by atoms with Gasteiger partial charge in [-0.15, -0.1) is 0 Å². The molecule has 1 rings (SSSR count). The van der Waals surface area contributed by atoms with E-state index < -0.39 is 0 Å². The molecule has 0 spiro atoms. The molecule has 2 nitrogen and oxygen atoms in total. The summed E-state index contributed by atoms with van der Waals surface area (Å²) >= 11 is 0. The number of carbonyl (C=O) groups excluding carboxylic acids is 1. The Hall–Kier alpha value is -0.370. The zero-order chi connectivity index (χ0) is 9.24. The van der Waals surface area contributed by atoms with Gasteiger partial charge < -0.3 is 9.53 Å². The van der Waals surface area contributed by atoms with Gasteiger partial charge in [0.1, 0.15) is 6.29 Å². The molecule has 0 aromatic heterocycles. The lowest BCUT2D eigenvalue weighted by atomic mass is 9.65. The molecular formula is C10H18O2. The summed E-state index contributed by atoms with van der Waals surface area (Å²) in [4.78, 5) is 10.8. The molecule has 0 unspecified atom stereocenters. The highest BCUT2D eigenvalue weighted by molar-refractivity contribution is 5.61. The topological polar surface area (TPSA) is 26.3 Å². The van der Waals surface area contributed by atoms with Crippen LogP contribution in [0.25, 0.3) is 0 Å². The Bertz CT molecular complexity index is 169. The molecule has 1 aliphatic rings. The van der Waals surface area contributed by atoms with Crippen LogP contribution in [0.4, 0.5) is 0 Å². The molecule has 0 amide bonds. The SMILES string of the molecule is COC(C)(C)CC1(C=O)CCC1. The lowest BCUT2D eigenvalue weighted by molar-refractivity contribution is -0.126. The van der Waals surface area contributed by atoms with Crippen LogP contribution in [-0.4, -0.2) is 19.0 Å². The largest absolute Gasteiger partial charge is 0.379 e. The molecule has 0 N–H and O–H groups in total. The first-order valence-corrected chi connectivity index (χ1v) is 4.55. The van der Waals surface area contributed by atoms with Crippen LogP contribution in [0.5, 0.6) is 0 Å². The number of ether oxygens (including phenoxy) is 1. The number of rotatable bonds is 4. The second-order valence-corrected chi connectivity index (χ2v) is 4.47. The second-order valence-electron chi connectivity index (χ2n) is 4.47. The van der Waals surface area contributed by atoms with Crippen molar-refractivity contribution in [3.05, 3.63) is 0 Å². The van der Waals surface area contributed by atoms with Crippen molar-refractivity contribution in [1.82, 2.24) is 0 Å². The highest BCUT2D eigenvalue weighted by Crippen LogP contribution is 2.45. The fourth-order valence-electron chi connectivity index (χ4n) is 1.89. The Balaban J connectivity index is 2.53. The lowest BCUT2D eigenvalue weighted by Gasteiger charge is -2.41. The van der Waals surface area contributed by atoms with Crippen LogP contribution in [0.2, 0.25) is 0 Å². The molecule has 0 bridgehead atoms. The Morgan fingerprint density at radius 2 is 2.08 bits per heavy atom. The van der Waals surface area contributed by atoms with E-state index in [1.807, 2.05) is 13.8 Å². The average Bonchev–Trinajstić information content (AvgIpc) is 1.97. The highest BCUT2D eigenvalue weighted by atomic mass is 16.5. The van der Waals surface area contributed by atoms with Crippen LogP contribution < -0.4 is 0 Å². The summed E-state index contributed by atoms with van der Waals surface area (Å²) in [6, 6.07) is 0. The summed E-state index contributed by atoms with van der Waals surface area (Å²) in [7, 11) is 1.71. The standard InChI is InChI=1S/C10H18O2/c1-9(2,12-3)7-10(8-11)5-4-6-10/h8H,4-7H2,1-3H3. The minimum Gasteiger partial charge on any atom is -0.379 e. The zero-order valence-electron chi connectivity index (χ0n) is 8.22. The molecule has 1 fully saturated rings. The number of carbonyl (C=O) groups is 1. The fourth-order valence-corrected chi connectivity index (χ4v) is 1.89. The van der Waals surface area contributed by atoms with Crippen LogP contribution in [-0.2, 0) is 9.53 Å². The smallest absolute Gasteiger partial charge is 0.126 e. The zero-order valence-corrected chi connectivity index (χ0v) is 8.22. The molecule has 0 saturated heterocycles. The molecule has 0 aromatic carbocycles. The first-order chi connectivity index (χ1) is 5.54. The van der Waals surface area contributed by atoms with E-state index in [4.69, 9.17) is 4.74 Å². The normalized spacial score (nSPS) is 21.6. The number of aldehydes is 1. The van der Waals surface area contributed by atoms with Crippen LogP contribution in [0.1, 0.15) is 39.5 Å². The first-order valence-electron chi connectivity index (χ1n) is 4.55. The molecule has 1 aliphatic carbocycles. The van der Waals surface area contributed by atoms with Crippen molar-refractivity contribution < 1.29 is 9.53 Å². The summed E-state index contributed by atoms with van der Waals surface area (Å²) in [6.45, 7) is 4.08. The average molecular weight is 170 g/mol. The monoisotopic (exact) mass is 170 g/mol. The molecule has 0 aromatic rings. The van der Waals surface area contributed by atoms with Gasteiger partial charge in [0.2, 0.25) is 0 Å². The third-order valence-electron chi connectivity index (χ3n) is 2.93. The Labute approximate surface area is 74.3 Å². The lowest BCUT2D eigenvalue weighted by Crippen LogP contribution is -2.39. The number of methoxy groups -OCH3 is 1.